The number of carboxylic acid groups (broad SMARTS) is 1. The van der Waals surface area contributed by atoms with E-state index in [0.717, 1.165) is 12.8 Å². The molecule has 1 N–H and O–H groups in total. The summed E-state index contributed by atoms with van der Waals surface area (Å²) in [6.07, 6.45) is 1.87. The van der Waals surface area contributed by atoms with Gasteiger partial charge in [0.2, 0.25) is 0 Å². The van der Waals surface area contributed by atoms with Gasteiger partial charge in [-0.05, 0) is 46.0 Å². The lowest BCUT2D eigenvalue weighted by molar-refractivity contribution is -0.144. The van der Waals surface area contributed by atoms with Crippen LogP contribution in [0.3, 0.4) is 0 Å². The van der Waals surface area contributed by atoms with Crippen molar-refractivity contribution in [1.29, 1.82) is 0 Å². The van der Waals surface area contributed by atoms with E-state index in [1.807, 2.05) is 0 Å². The van der Waals surface area contributed by atoms with Gasteiger partial charge in [0.25, 0.3) is 0 Å². The van der Waals surface area contributed by atoms with Gasteiger partial charge in [0.05, 0.1) is 0 Å². The Bertz CT molecular complexity index is 347. The van der Waals surface area contributed by atoms with Crippen LogP contribution in [0.15, 0.2) is 0 Å². The number of piperidine rings is 1. The van der Waals surface area contributed by atoms with Crippen molar-refractivity contribution < 1.29 is 19.4 Å². The molecule has 1 amide bonds. The van der Waals surface area contributed by atoms with E-state index in [4.69, 9.17) is 9.84 Å². The number of carboxylic acids is 1. The molecule has 3 atom stereocenters. The van der Waals surface area contributed by atoms with E-state index in [2.05, 4.69) is 0 Å². The average Bonchev–Trinajstić information content (AvgIpc) is 2.90. The summed E-state index contributed by atoms with van der Waals surface area (Å²) < 4.78 is 5.28. The summed E-state index contributed by atoms with van der Waals surface area (Å²) in [6, 6.07) is -0.631. The first-order chi connectivity index (χ1) is 7.79. The number of ether oxygens (including phenoxy) is 1. The highest BCUT2D eigenvalue weighted by Crippen LogP contribution is 2.45. The summed E-state index contributed by atoms with van der Waals surface area (Å²) in [7, 11) is 0. The molecule has 0 aromatic heterocycles. The number of amides is 1. The van der Waals surface area contributed by atoms with Crippen molar-refractivity contribution in [3.63, 3.8) is 0 Å². The highest BCUT2D eigenvalue weighted by Gasteiger charge is 2.53. The number of aliphatic carboxylic acids is 1. The van der Waals surface area contributed by atoms with Crippen LogP contribution in [0.1, 0.15) is 40.0 Å². The van der Waals surface area contributed by atoms with Crippen molar-refractivity contribution in [2.45, 2.75) is 57.7 Å². The third kappa shape index (κ3) is 2.53. The monoisotopic (exact) mass is 241 g/mol. The van der Waals surface area contributed by atoms with Crippen molar-refractivity contribution in [3.05, 3.63) is 0 Å². The molecule has 2 aliphatic rings. The second-order valence-electron chi connectivity index (χ2n) is 5.88. The van der Waals surface area contributed by atoms with Crippen molar-refractivity contribution in [2.75, 3.05) is 0 Å². The van der Waals surface area contributed by atoms with Crippen LogP contribution >= 0.6 is 0 Å². The summed E-state index contributed by atoms with van der Waals surface area (Å²) in [5.74, 6) is -0.445. The quantitative estimate of drug-likeness (QED) is 0.761. The first-order valence-electron chi connectivity index (χ1n) is 6.04. The van der Waals surface area contributed by atoms with E-state index in [0.29, 0.717) is 12.3 Å². The van der Waals surface area contributed by atoms with Crippen molar-refractivity contribution in [3.8, 4) is 0 Å². The lowest BCUT2D eigenvalue weighted by atomic mass is 10.0. The fourth-order valence-electron chi connectivity index (χ4n) is 2.44. The molecule has 5 heteroatoms. The fraction of sp³-hybridized carbons (Fsp3) is 0.833. The highest BCUT2D eigenvalue weighted by molar-refractivity contribution is 5.81. The summed E-state index contributed by atoms with van der Waals surface area (Å²) >= 11 is 0. The maximum Gasteiger partial charge on any atom is 0.411 e. The number of rotatable bonds is 1. The largest absolute Gasteiger partial charge is 0.480 e. The Morgan fingerprint density at radius 3 is 2.47 bits per heavy atom. The SMILES string of the molecule is CC(C)(C)OC(=O)N1[C@@H](C(=O)O)CC[C@@H]2C[C@@H]21. The second-order valence-corrected chi connectivity index (χ2v) is 5.88. The second kappa shape index (κ2) is 3.89. The van der Waals surface area contributed by atoms with Gasteiger partial charge in [-0.15, -0.1) is 0 Å². The molecule has 0 unspecified atom stereocenters. The zero-order valence-electron chi connectivity index (χ0n) is 10.5. The predicted octanol–water partition coefficient (Wildman–Crippen LogP) is 1.86. The van der Waals surface area contributed by atoms with E-state index < -0.39 is 23.7 Å². The normalized spacial score (nSPS) is 31.7. The molecule has 2 fully saturated rings. The first-order valence-corrected chi connectivity index (χ1v) is 6.04. The van der Waals surface area contributed by atoms with Gasteiger partial charge in [-0.1, -0.05) is 0 Å². The highest BCUT2D eigenvalue weighted by atomic mass is 16.6. The molecule has 0 bridgehead atoms. The molecule has 1 saturated heterocycles. The van der Waals surface area contributed by atoms with E-state index in [1.165, 1.54) is 4.90 Å². The molecule has 17 heavy (non-hydrogen) atoms. The smallest absolute Gasteiger partial charge is 0.411 e. The molecule has 0 radical (unpaired) electrons. The Morgan fingerprint density at radius 2 is 1.94 bits per heavy atom. The van der Waals surface area contributed by atoms with Crippen LogP contribution in [0.5, 0.6) is 0 Å². The standard InChI is InChI=1S/C12H19NO4/c1-12(2,3)17-11(16)13-8(10(14)15)5-4-7-6-9(7)13/h7-9H,4-6H2,1-3H3,(H,14,15)/t7-,8-,9+/m1/s1. The van der Waals surface area contributed by atoms with Gasteiger partial charge < -0.3 is 9.84 Å². The molecule has 1 heterocycles. The Kier molecular flexibility index (Phi) is 2.79. The predicted molar refractivity (Wildman–Crippen MR) is 60.6 cm³/mol. The van der Waals surface area contributed by atoms with Gasteiger partial charge in [0.1, 0.15) is 11.6 Å². The third-order valence-corrected chi connectivity index (χ3v) is 3.28. The van der Waals surface area contributed by atoms with Crippen LogP contribution in [0, 0.1) is 5.92 Å². The molecule has 5 nitrogen and oxygen atoms in total. The average molecular weight is 241 g/mol. The van der Waals surface area contributed by atoms with Gasteiger partial charge in [0.15, 0.2) is 0 Å². The lowest BCUT2D eigenvalue weighted by Gasteiger charge is -2.34. The minimum Gasteiger partial charge on any atom is -0.480 e. The van der Waals surface area contributed by atoms with Gasteiger partial charge in [0, 0.05) is 6.04 Å². The molecule has 96 valence electrons. The Labute approximate surface area is 101 Å². The molecule has 0 spiro atoms. The van der Waals surface area contributed by atoms with Crippen LogP contribution in [0.25, 0.3) is 0 Å². The maximum absolute atomic E-state index is 12.0. The van der Waals surface area contributed by atoms with E-state index in [9.17, 15) is 9.59 Å². The number of carbonyl (C=O) groups is 2. The Morgan fingerprint density at radius 1 is 1.29 bits per heavy atom. The van der Waals surface area contributed by atoms with Crippen LogP contribution in [-0.2, 0) is 9.53 Å². The molecule has 0 aromatic rings. The first kappa shape index (κ1) is 12.2. The van der Waals surface area contributed by atoms with Crippen molar-refractivity contribution in [1.82, 2.24) is 4.90 Å². The number of fused-ring (bicyclic) bond motifs is 1. The van der Waals surface area contributed by atoms with Crippen LogP contribution in [0.2, 0.25) is 0 Å². The van der Waals surface area contributed by atoms with Crippen molar-refractivity contribution >= 4 is 12.1 Å². The van der Waals surface area contributed by atoms with Gasteiger partial charge in [-0.25, -0.2) is 9.59 Å². The van der Waals surface area contributed by atoms with Crippen LogP contribution < -0.4 is 0 Å². The van der Waals surface area contributed by atoms with E-state index in [1.54, 1.807) is 20.8 Å². The summed E-state index contributed by atoms with van der Waals surface area (Å²) in [6.45, 7) is 5.36. The van der Waals surface area contributed by atoms with Gasteiger partial charge >= 0.3 is 12.1 Å². The lowest BCUT2D eigenvalue weighted by Crippen LogP contribution is -2.50. The van der Waals surface area contributed by atoms with E-state index in [-0.39, 0.29) is 6.04 Å². The van der Waals surface area contributed by atoms with Crippen LogP contribution in [-0.4, -0.2) is 39.8 Å². The zero-order chi connectivity index (χ0) is 12.8. The molecule has 2 rings (SSSR count). The topological polar surface area (TPSA) is 66.8 Å². The Hall–Kier alpha value is -1.26. The number of hydrogen-bond donors (Lipinski definition) is 1. The fourth-order valence-corrected chi connectivity index (χ4v) is 2.44. The van der Waals surface area contributed by atoms with E-state index >= 15 is 0 Å². The molecule has 1 aliphatic carbocycles. The maximum atomic E-state index is 12.0. The number of hydrogen-bond acceptors (Lipinski definition) is 3. The number of nitrogens with zero attached hydrogens (tertiary/aromatic N) is 1. The van der Waals surface area contributed by atoms with Crippen LogP contribution in [0.4, 0.5) is 4.79 Å². The molecule has 1 aliphatic heterocycles. The minimum atomic E-state index is -0.929. The minimum absolute atomic E-state index is 0.0831. The Balaban J connectivity index is 2.10. The number of likely N-dealkylation sites (tertiary alicyclic amines) is 1. The van der Waals surface area contributed by atoms with Crippen molar-refractivity contribution in [2.24, 2.45) is 5.92 Å². The molecule has 0 aromatic carbocycles. The summed E-state index contributed by atoms with van der Waals surface area (Å²) in [5, 5.41) is 9.14. The van der Waals surface area contributed by atoms with Gasteiger partial charge in [-0.3, -0.25) is 4.90 Å². The molecular weight excluding hydrogens is 222 g/mol. The number of carbonyl (C=O) groups excluding carboxylic acids is 1. The summed E-state index contributed by atoms with van der Waals surface area (Å²) in [5.41, 5.74) is -0.581. The molecular formula is C12H19NO4. The summed E-state index contributed by atoms with van der Waals surface area (Å²) in [4.78, 5) is 24.6. The van der Waals surface area contributed by atoms with Gasteiger partial charge in [-0.2, -0.15) is 0 Å². The molecule has 1 saturated carbocycles. The zero-order valence-corrected chi connectivity index (χ0v) is 10.5. The third-order valence-electron chi connectivity index (χ3n) is 3.28.